The topological polar surface area (TPSA) is 73.8 Å². The number of sulfonamides is 1. The molecule has 0 spiro atoms. The van der Waals surface area contributed by atoms with E-state index in [4.69, 9.17) is 0 Å². The summed E-state index contributed by atoms with van der Waals surface area (Å²) in [6.45, 7) is 5.68. The molecule has 2 rings (SSSR count). The fourth-order valence-electron chi connectivity index (χ4n) is 2.48. The van der Waals surface area contributed by atoms with E-state index in [0.29, 0.717) is 29.5 Å². The summed E-state index contributed by atoms with van der Waals surface area (Å²) in [7, 11) is -0.425. The summed E-state index contributed by atoms with van der Waals surface area (Å²) >= 11 is 0. The van der Waals surface area contributed by atoms with Crippen LogP contribution in [0.4, 0.5) is 0 Å². The third-order valence-corrected chi connectivity index (χ3v) is 5.98. The number of guanidine groups is 1. The van der Waals surface area contributed by atoms with Gasteiger partial charge in [0.1, 0.15) is 0 Å². The Balaban J connectivity index is 0.00000392. The molecule has 8 heteroatoms. The Labute approximate surface area is 185 Å². The molecule has 0 bridgehead atoms. The lowest BCUT2D eigenvalue weighted by Crippen LogP contribution is -2.37. The number of halogens is 1. The molecule has 0 radical (unpaired) electrons. The van der Waals surface area contributed by atoms with Crippen LogP contribution in [0.2, 0.25) is 0 Å². The summed E-state index contributed by atoms with van der Waals surface area (Å²) in [4.78, 5) is 4.89. The second-order valence-electron chi connectivity index (χ2n) is 6.43. The normalized spacial score (nSPS) is 11.8. The van der Waals surface area contributed by atoms with Gasteiger partial charge in [0.25, 0.3) is 0 Å². The van der Waals surface area contributed by atoms with Crippen molar-refractivity contribution in [3.05, 3.63) is 65.2 Å². The molecule has 0 unspecified atom stereocenters. The number of benzene rings is 2. The van der Waals surface area contributed by atoms with Gasteiger partial charge in [0.15, 0.2) is 5.96 Å². The molecular formula is C20H29IN4O2S. The Morgan fingerprint density at radius 2 is 1.68 bits per heavy atom. The molecule has 0 aliphatic heterocycles. The van der Waals surface area contributed by atoms with Crippen LogP contribution in [0.3, 0.4) is 0 Å². The molecule has 2 aromatic carbocycles. The summed E-state index contributed by atoms with van der Waals surface area (Å²) in [6.07, 6.45) is 0. The molecule has 0 atom stereocenters. The van der Waals surface area contributed by atoms with Crippen molar-refractivity contribution in [3.63, 3.8) is 0 Å². The van der Waals surface area contributed by atoms with Crippen LogP contribution in [0.5, 0.6) is 0 Å². The van der Waals surface area contributed by atoms with Crippen LogP contribution < -0.4 is 10.6 Å². The number of nitrogens with one attached hydrogen (secondary N) is 2. The van der Waals surface area contributed by atoms with Gasteiger partial charge in [-0.15, -0.1) is 24.0 Å². The Hall–Kier alpha value is -1.65. The van der Waals surface area contributed by atoms with Crippen LogP contribution in [0, 0.1) is 6.92 Å². The highest BCUT2D eigenvalue weighted by Gasteiger charge is 2.20. The number of rotatable bonds is 7. The summed E-state index contributed by atoms with van der Waals surface area (Å²) in [5, 5.41) is 6.42. The largest absolute Gasteiger partial charge is 0.357 e. The van der Waals surface area contributed by atoms with Crippen molar-refractivity contribution < 1.29 is 8.42 Å². The predicted molar refractivity (Wildman–Crippen MR) is 126 cm³/mol. The van der Waals surface area contributed by atoms with Gasteiger partial charge >= 0.3 is 0 Å². The molecule has 6 nitrogen and oxygen atoms in total. The molecule has 2 aromatic rings. The van der Waals surface area contributed by atoms with E-state index in [1.165, 1.54) is 24.0 Å². The number of hydrogen-bond donors (Lipinski definition) is 2. The first-order valence-electron chi connectivity index (χ1n) is 8.92. The zero-order valence-corrected chi connectivity index (χ0v) is 19.9. The van der Waals surface area contributed by atoms with E-state index in [0.717, 1.165) is 12.1 Å². The molecular weight excluding hydrogens is 487 g/mol. The Kier molecular flexibility index (Phi) is 9.91. The van der Waals surface area contributed by atoms with Gasteiger partial charge in [0, 0.05) is 27.2 Å². The van der Waals surface area contributed by atoms with Crippen LogP contribution in [-0.4, -0.2) is 39.3 Å². The maximum absolute atomic E-state index is 12.5. The molecule has 0 fully saturated rings. The van der Waals surface area contributed by atoms with Crippen molar-refractivity contribution in [1.29, 1.82) is 0 Å². The van der Waals surface area contributed by atoms with Gasteiger partial charge in [-0.1, -0.05) is 48.0 Å². The van der Waals surface area contributed by atoms with E-state index < -0.39 is 10.0 Å². The fraction of sp³-hybridized carbons (Fsp3) is 0.350. The molecule has 0 saturated heterocycles. The van der Waals surface area contributed by atoms with Crippen LogP contribution in [0.15, 0.2) is 58.4 Å². The van der Waals surface area contributed by atoms with Crippen molar-refractivity contribution >= 4 is 40.0 Å². The number of aliphatic imine (C=N–C) groups is 1. The average molecular weight is 516 g/mol. The zero-order valence-electron chi connectivity index (χ0n) is 16.8. The molecule has 154 valence electrons. The van der Waals surface area contributed by atoms with Crippen molar-refractivity contribution in [3.8, 4) is 0 Å². The minimum absolute atomic E-state index is 0. The Morgan fingerprint density at radius 3 is 2.29 bits per heavy atom. The maximum atomic E-state index is 12.5. The van der Waals surface area contributed by atoms with E-state index in [1.807, 2.05) is 19.1 Å². The van der Waals surface area contributed by atoms with Crippen molar-refractivity contribution in [2.45, 2.75) is 31.8 Å². The van der Waals surface area contributed by atoms with Crippen molar-refractivity contribution in [2.75, 3.05) is 20.6 Å². The SMILES string of the molecule is CCNC(=NCc1ccc(C)cc1)NCc1ccccc1S(=O)(=O)N(C)C.I. The Bertz CT molecular complexity index is 881. The number of aryl methyl sites for hydroxylation is 1. The smallest absolute Gasteiger partial charge is 0.242 e. The van der Waals surface area contributed by atoms with E-state index in [9.17, 15) is 8.42 Å². The van der Waals surface area contributed by atoms with Crippen molar-refractivity contribution in [1.82, 2.24) is 14.9 Å². The van der Waals surface area contributed by atoms with Gasteiger partial charge in [-0.2, -0.15) is 0 Å². The highest BCUT2D eigenvalue weighted by molar-refractivity contribution is 14.0. The molecule has 2 N–H and O–H groups in total. The quantitative estimate of drug-likeness (QED) is 0.337. The molecule has 0 aromatic heterocycles. The molecule has 28 heavy (non-hydrogen) atoms. The van der Waals surface area contributed by atoms with Gasteiger partial charge in [-0.3, -0.25) is 0 Å². The average Bonchev–Trinajstić information content (AvgIpc) is 2.65. The lowest BCUT2D eigenvalue weighted by Gasteiger charge is -2.17. The molecule has 0 saturated carbocycles. The maximum Gasteiger partial charge on any atom is 0.242 e. The minimum atomic E-state index is -3.49. The summed E-state index contributed by atoms with van der Waals surface area (Å²) < 4.78 is 26.3. The zero-order chi connectivity index (χ0) is 19.9. The molecule has 0 aliphatic rings. The van der Waals surface area contributed by atoms with Crippen molar-refractivity contribution in [2.24, 2.45) is 4.99 Å². The highest BCUT2D eigenvalue weighted by atomic mass is 127. The second-order valence-corrected chi connectivity index (χ2v) is 8.55. The monoisotopic (exact) mass is 516 g/mol. The lowest BCUT2D eigenvalue weighted by molar-refractivity contribution is 0.519. The molecule has 0 heterocycles. The fourth-order valence-corrected chi connectivity index (χ4v) is 3.60. The third kappa shape index (κ3) is 6.75. The van der Waals surface area contributed by atoms with E-state index in [1.54, 1.807) is 12.1 Å². The lowest BCUT2D eigenvalue weighted by atomic mass is 10.1. The standard InChI is InChI=1S/C20H28N4O2S.HI/c1-5-21-20(22-14-17-12-10-16(2)11-13-17)23-15-18-8-6-7-9-19(18)27(25,26)24(3)4;/h6-13H,5,14-15H2,1-4H3,(H2,21,22,23);1H. The van der Waals surface area contributed by atoms with Gasteiger partial charge < -0.3 is 10.6 Å². The van der Waals surface area contributed by atoms with Crippen LogP contribution in [0.25, 0.3) is 0 Å². The first-order valence-corrected chi connectivity index (χ1v) is 10.4. The predicted octanol–water partition coefficient (Wildman–Crippen LogP) is 3.12. The van der Waals surface area contributed by atoms with E-state index in [-0.39, 0.29) is 24.0 Å². The van der Waals surface area contributed by atoms with E-state index in [2.05, 4.69) is 46.8 Å². The highest BCUT2D eigenvalue weighted by Crippen LogP contribution is 2.18. The van der Waals surface area contributed by atoms with Gasteiger partial charge in [-0.25, -0.2) is 17.7 Å². The Morgan fingerprint density at radius 1 is 1.04 bits per heavy atom. The first kappa shape index (κ1) is 24.4. The van der Waals surface area contributed by atoms with Gasteiger partial charge in [0.05, 0.1) is 11.4 Å². The van der Waals surface area contributed by atoms with Crippen LogP contribution in [-0.2, 0) is 23.1 Å². The summed E-state index contributed by atoms with van der Waals surface area (Å²) in [5.74, 6) is 0.648. The second kappa shape index (κ2) is 11.4. The third-order valence-electron chi connectivity index (χ3n) is 4.06. The molecule has 0 aliphatic carbocycles. The van der Waals surface area contributed by atoms with E-state index >= 15 is 0 Å². The minimum Gasteiger partial charge on any atom is -0.357 e. The van der Waals surface area contributed by atoms with Gasteiger partial charge in [0.2, 0.25) is 10.0 Å². The van der Waals surface area contributed by atoms with Crippen LogP contribution in [0.1, 0.15) is 23.6 Å². The molecule has 0 amide bonds. The van der Waals surface area contributed by atoms with Gasteiger partial charge in [-0.05, 0) is 31.0 Å². The summed E-state index contributed by atoms with van der Waals surface area (Å²) in [6, 6.07) is 15.2. The van der Waals surface area contributed by atoms with Crippen LogP contribution >= 0.6 is 24.0 Å². The number of hydrogen-bond acceptors (Lipinski definition) is 3. The summed E-state index contributed by atoms with van der Waals surface area (Å²) in [5.41, 5.74) is 3.03. The number of nitrogens with zero attached hydrogens (tertiary/aromatic N) is 2. The first-order chi connectivity index (χ1) is 12.8.